The van der Waals surface area contributed by atoms with Crippen LogP contribution in [0, 0.1) is 13.8 Å². The van der Waals surface area contributed by atoms with Gasteiger partial charge in [0.1, 0.15) is 11.5 Å². The molecule has 1 heterocycles. The maximum Gasteiger partial charge on any atom is 0.271 e. The Kier molecular flexibility index (Phi) is 3.74. The first kappa shape index (κ1) is 14.4. The van der Waals surface area contributed by atoms with Gasteiger partial charge in [0, 0.05) is 5.69 Å². The van der Waals surface area contributed by atoms with Crippen molar-refractivity contribution in [2.75, 3.05) is 5.32 Å². The first-order valence-corrected chi connectivity index (χ1v) is 7.47. The Morgan fingerprint density at radius 3 is 2.55 bits per heavy atom. The van der Waals surface area contributed by atoms with Crippen LogP contribution in [0.1, 0.15) is 16.9 Å². The van der Waals surface area contributed by atoms with Crippen molar-refractivity contribution in [1.29, 1.82) is 0 Å². The minimum Gasteiger partial charge on any atom is -0.508 e. The van der Waals surface area contributed by atoms with Gasteiger partial charge < -0.3 is 14.8 Å². The van der Waals surface area contributed by atoms with Crippen molar-refractivity contribution in [3.63, 3.8) is 0 Å². The Balaban J connectivity index is 2.13. The molecule has 1 aromatic carbocycles. The molecule has 0 saturated heterocycles. The van der Waals surface area contributed by atoms with Crippen molar-refractivity contribution in [1.82, 2.24) is 0 Å². The molecule has 1 aromatic heterocycles. The number of furan rings is 1. The molecule has 0 aliphatic rings. The molecule has 0 aliphatic heterocycles. The smallest absolute Gasteiger partial charge is 0.271 e. The van der Waals surface area contributed by atoms with Gasteiger partial charge in [-0.25, -0.2) is 13.6 Å². The number of phenolic OH excluding ortho intramolecular Hbond substituents is 1. The zero-order valence-corrected chi connectivity index (χ0v) is 12.0. The summed E-state index contributed by atoms with van der Waals surface area (Å²) in [6, 6.07) is 6.35. The predicted octanol–water partition coefficient (Wildman–Crippen LogP) is 1.86. The molecule has 2 rings (SSSR count). The highest BCUT2D eigenvalue weighted by Crippen LogP contribution is 2.25. The summed E-state index contributed by atoms with van der Waals surface area (Å²) in [6.07, 6.45) is 0. The molecule has 0 radical (unpaired) electrons. The van der Waals surface area contributed by atoms with E-state index in [9.17, 15) is 13.5 Å². The number of benzene rings is 1. The second kappa shape index (κ2) is 5.18. The van der Waals surface area contributed by atoms with Crippen molar-refractivity contribution in [3.8, 4) is 5.75 Å². The molecule has 0 atom stereocenters. The van der Waals surface area contributed by atoms with Crippen molar-refractivity contribution in [2.24, 2.45) is 5.14 Å². The van der Waals surface area contributed by atoms with E-state index in [2.05, 4.69) is 5.32 Å². The Labute approximate surface area is 117 Å². The SMILES string of the molecule is Cc1cc(NCc2ccc(S(N)(=O)=O)o2)c(C)cc1O. The second-order valence-corrected chi connectivity index (χ2v) is 6.07. The molecule has 0 unspecified atom stereocenters. The Hall–Kier alpha value is -1.99. The highest BCUT2D eigenvalue weighted by atomic mass is 32.2. The van der Waals surface area contributed by atoms with Gasteiger partial charge in [-0.15, -0.1) is 0 Å². The molecule has 2 aromatic rings. The number of primary sulfonamides is 1. The number of nitrogens with two attached hydrogens (primary N) is 1. The van der Waals surface area contributed by atoms with E-state index in [1.165, 1.54) is 6.07 Å². The van der Waals surface area contributed by atoms with Crippen LogP contribution in [0.3, 0.4) is 0 Å². The molecule has 7 heteroatoms. The lowest BCUT2D eigenvalue weighted by molar-refractivity contribution is 0.419. The Morgan fingerprint density at radius 2 is 1.95 bits per heavy atom. The van der Waals surface area contributed by atoms with Crippen molar-refractivity contribution in [3.05, 3.63) is 41.2 Å². The van der Waals surface area contributed by atoms with Gasteiger partial charge in [-0.05, 0) is 49.2 Å². The Morgan fingerprint density at radius 1 is 1.25 bits per heavy atom. The molecule has 20 heavy (non-hydrogen) atoms. The lowest BCUT2D eigenvalue weighted by Gasteiger charge is -2.10. The van der Waals surface area contributed by atoms with Crippen LogP contribution in [0.25, 0.3) is 0 Å². The fourth-order valence-corrected chi connectivity index (χ4v) is 2.26. The monoisotopic (exact) mass is 296 g/mol. The summed E-state index contributed by atoms with van der Waals surface area (Å²) in [5, 5.41) is 17.4. The molecule has 0 bridgehead atoms. The molecule has 0 saturated carbocycles. The quantitative estimate of drug-likeness (QED) is 0.747. The molecule has 4 N–H and O–H groups in total. The van der Waals surface area contributed by atoms with E-state index in [0.717, 1.165) is 16.8 Å². The van der Waals surface area contributed by atoms with Crippen molar-refractivity contribution in [2.45, 2.75) is 25.5 Å². The van der Waals surface area contributed by atoms with Gasteiger partial charge in [0.15, 0.2) is 0 Å². The number of sulfonamides is 1. The zero-order valence-electron chi connectivity index (χ0n) is 11.2. The average Bonchev–Trinajstić information content (AvgIpc) is 2.80. The first-order valence-electron chi connectivity index (χ1n) is 5.93. The Bertz CT molecular complexity index is 735. The molecule has 0 fully saturated rings. The van der Waals surface area contributed by atoms with Gasteiger partial charge in [-0.2, -0.15) is 0 Å². The minimum atomic E-state index is -3.81. The largest absolute Gasteiger partial charge is 0.508 e. The molecular weight excluding hydrogens is 280 g/mol. The van der Waals surface area contributed by atoms with Crippen LogP contribution in [-0.2, 0) is 16.6 Å². The summed E-state index contributed by atoms with van der Waals surface area (Å²) >= 11 is 0. The van der Waals surface area contributed by atoms with Gasteiger partial charge in [0.25, 0.3) is 10.0 Å². The minimum absolute atomic E-state index is 0.238. The van der Waals surface area contributed by atoms with E-state index in [4.69, 9.17) is 9.56 Å². The molecule has 6 nitrogen and oxygen atoms in total. The van der Waals surface area contributed by atoms with Crippen molar-refractivity contribution >= 4 is 15.7 Å². The van der Waals surface area contributed by atoms with E-state index in [1.807, 2.05) is 13.0 Å². The third-order valence-corrected chi connectivity index (χ3v) is 3.69. The van der Waals surface area contributed by atoms with Crippen LogP contribution in [-0.4, -0.2) is 13.5 Å². The maximum absolute atomic E-state index is 11.1. The highest BCUT2D eigenvalue weighted by Gasteiger charge is 2.13. The number of aryl methyl sites for hydroxylation is 2. The van der Waals surface area contributed by atoms with E-state index >= 15 is 0 Å². The normalized spacial score (nSPS) is 11.6. The number of hydrogen-bond donors (Lipinski definition) is 3. The van der Waals surface area contributed by atoms with E-state index in [-0.39, 0.29) is 10.8 Å². The van der Waals surface area contributed by atoms with Gasteiger partial charge in [0.05, 0.1) is 6.54 Å². The number of phenols is 1. The maximum atomic E-state index is 11.1. The van der Waals surface area contributed by atoms with Crippen LogP contribution in [0.2, 0.25) is 0 Å². The van der Waals surface area contributed by atoms with E-state index < -0.39 is 10.0 Å². The lowest BCUT2D eigenvalue weighted by atomic mass is 10.1. The summed E-state index contributed by atoms with van der Waals surface area (Å²) in [4.78, 5) is 0. The highest BCUT2D eigenvalue weighted by molar-refractivity contribution is 7.89. The second-order valence-electron chi connectivity index (χ2n) is 4.57. The summed E-state index contributed by atoms with van der Waals surface area (Å²) in [7, 11) is -3.81. The number of anilines is 1. The topological polar surface area (TPSA) is 106 Å². The predicted molar refractivity (Wildman–Crippen MR) is 75.0 cm³/mol. The third kappa shape index (κ3) is 3.12. The first-order chi connectivity index (χ1) is 9.27. The van der Waals surface area contributed by atoms with Gasteiger partial charge in [-0.1, -0.05) is 0 Å². The molecular formula is C13H16N2O4S. The van der Waals surface area contributed by atoms with Crippen LogP contribution < -0.4 is 10.5 Å². The van der Waals surface area contributed by atoms with Crippen molar-refractivity contribution < 1.29 is 17.9 Å². The zero-order chi connectivity index (χ0) is 14.9. The van der Waals surface area contributed by atoms with E-state index in [1.54, 1.807) is 19.1 Å². The third-order valence-electron chi connectivity index (χ3n) is 2.91. The number of rotatable bonds is 4. The summed E-state index contributed by atoms with van der Waals surface area (Å²) in [5.41, 5.74) is 2.47. The molecule has 0 spiro atoms. The van der Waals surface area contributed by atoms with E-state index in [0.29, 0.717) is 12.3 Å². The van der Waals surface area contributed by atoms with Crippen LogP contribution in [0.15, 0.2) is 33.8 Å². The number of nitrogens with one attached hydrogen (secondary N) is 1. The summed E-state index contributed by atoms with van der Waals surface area (Å²) in [6.45, 7) is 3.98. The summed E-state index contributed by atoms with van der Waals surface area (Å²) in [5.74, 6) is 0.696. The van der Waals surface area contributed by atoms with Gasteiger partial charge >= 0.3 is 0 Å². The fourth-order valence-electron chi connectivity index (χ4n) is 1.78. The van der Waals surface area contributed by atoms with Crippen LogP contribution >= 0.6 is 0 Å². The fraction of sp³-hybridized carbons (Fsp3) is 0.231. The molecule has 0 amide bonds. The van der Waals surface area contributed by atoms with Gasteiger partial charge in [-0.3, -0.25) is 0 Å². The molecule has 0 aliphatic carbocycles. The number of aromatic hydroxyl groups is 1. The van der Waals surface area contributed by atoms with Gasteiger partial charge in [0.2, 0.25) is 5.09 Å². The average molecular weight is 296 g/mol. The number of hydrogen-bond acceptors (Lipinski definition) is 5. The van der Waals surface area contributed by atoms with Crippen LogP contribution in [0.5, 0.6) is 5.75 Å². The lowest BCUT2D eigenvalue weighted by Crippen LogP contribution is -2.10. The summed E-state index contributed by atoms with van der Waals surface area (Å²) < 4.78 is 27.3. The molecule has 108 valence electrons. The van der Waals surface area contributed by atoms with Crippen LogP contribution in [0.4, 0.5) is 5.69 Å². The standard InChI is InChI=1S/C13H16N2O4S/c1-8-6-12(16)9(2)5-11(8)15-7-10-3-4-13(19-10)20(14,17)18/h3-6,15-16H,7H2,1-2H3,(H2,14,17,18).